The molecule has 356 valence electrons. The number of Topliss-reactive ketones (excluding diaryl/α,β-unsaturated/α-hetero) is 1. The predicted octanol–water partition coefficient (Wildman–Crippen LogP) is 1.56. The summed E-state index contributed by atoms with van der Waals surface area (Å²) in [6.45, 7) is 23.3. The van der Waals surface area contributed by atoms with E-state index in [1.807, 2.05) is 0 Å². The minimum atomic E-state index is -1.43. The fourth-order valence-corrected chi connectivity index (χ4v) is 7.37. The summed E-state index contributed by atoms with van der Waals surface area (Å²) in [6, 6.07) is -7.30. The molecule has 1 saturated heterocycles. The van der Waals surface area contributed by atoms with E-state index in [0.29, 0.717) is 6.42 Å². The van der Waals surface area contributed by atoms with Crippen LogP contribution in [0.2, 0.25) is 0 Å². The van der Waals surface area contributed by atoms with E-state index >= 15 is 0 Å². The average molecular weight is 910 g/mol. The van der Waals surface area contributed by atoms with Crippen molar-refractivity contribution < 1.29 is 57.4 Å². The first kappa shape index (κ1) is 56.0. The lowest BCUT2D eigenvalue weighted by Crippen LogP contribution is -2.61. The molecule has 20 heteroatoms. The van der Waals surface area contributed by atoms with Crippen molar-refractivity contribution in [3.8, 4) is 0 Å². The molecule has 6 N–H and O–H groups in total. The fraction of sp³-hybridized carbons (Fsp3) is 0.721. The van der Waals surface area contributed by atoms with Crippen molar-refractivity contribution >= 4 is 70.8 Å². The van der Waals surface area contributed by atoms with Crippen molar-refractivity contribution in [2.24, 2.45) is 11.8 Å². The highest BCUT2D eigenvalue weighted by Gasteiger charge is 2.42. The molecule has 1 rings (SSSR count). The Labute approximate surface area is 375 Å². The summed E-state index contributed by atoms with van der Waals surface area (Å²) in [7, 11) is 0. The van der Waals surface area contributed by atoms with Gasteiger partial charge in [0.15, 0.2) is 0 Å². The maximum absolute atomic E-state index is 14.1. The zero-order chi connectivity index (χ0) is 48.4. The molecule has 0 radical (unpaired) electrons. The van der Waals surface area contributed by atoms with Crippen LogP contribution in [0.25, 0.3) is 0 Å². The number of rotatable bonds is 24. The van der Waals surface area contributed by atoms with Crippen LogP contribution in [0.4, 0.5) is 0 Å². The smallest absolute Gasteiger partial charge is 0.306 e. The van der Waals surface area contributed by atoms with Gasteiger partial charge in [0.25, 0.3) is 5.91 Å². The molecular formula is C43H71N7O12S. The standard InChI is InChI=1S/C43H71N7O12S/c1-14-16-27(35(54)40(59)44-21-15-2)46-38(57)30-22-63-23-50(30)41(60)34(25(5)6)49-39(58)33(24(3)4)48-37(56)29(18-20-32(53)62-43(11,12)13)47-36(55)28(45-26(7)51)17-19-31(52)61-42(8,9)10/h15,24-25,27-30,33-34H,2,14,16-23H2,1,3-13H3,(H,44,59)(H,45,51)(H,46,57)(H,47,55)(H,48,56)(H,49,58)/t27?,28?,29?,30-,33?,34?/m0/s1. The van der Waals surface area contributed by atoms with Crippen LogP contribution in [-0.4, -0.2) is 130 Å². The Morgan fingerprint density at radius 3 is 1.65 bits per heavy atom. The van der Waals surface area contributed by atoms with Crippen molar-refractivity contribution in [2.45, 2.75) is 169 Å². The van der Waals surface area contributed by atoms with Gasteiger partial charge in [-0.15, -0.1) is 18.3 Å². The van der Waals surface area contributed by atoms with Gasteiger partial charge in [0.2, 0.25) is 41.2 Å². The van der Waals surface area contributed by atoms with Crippen LogP contribution in [0.5, 0.6) is 0 Å². The van der Waals surface area contributed by atoms with Gasteiger partial charge in [-0.1, -0.05) is 47.1 Å². The molecule has 0 aromatic carbocycles. The third-order valence-electron chi connectivity index (χ3n) is 9.23. The molecule has 7 amide bonds. The van der Waals surface area contributed by atoms with E-state index in [1.165, 1.54) is 29.7 Å². The molecule has 0 bridgehead atoms. The van der Waals surface area contributed by atoms with Gasteiger partial charge in [-0.2, -0.15) is 0 Å². The van der Waals surface area contributed by atoms with E-state index in [9.17, 15) is 47.9 Å². The normalized spacial score (nSPS) is 16.3. The molecule has 0 aromatic rings. The summed E-state index contributed by atoms with van der Waals surface area (Å²) < 4.78 is 10.7. The zero-order valence-electron chi connectivity index (χ0n) is 39.0. The summed E-state index contributed by atoms with van der Waals surface area (Å²) in [5, 5.41) is 15.5. The lowest BCUT2D eigenvalue weighted by Gasteiger charge is -2.32. The van der Waals surface area contributed by atoms with E-state index in [0.717, 1.165) is 0 Å². The summed E-state index contributed by atoms with van der Waals surface area (Å²) in [5.74, 6) is -8.02. The number of nitrogens with one attached hydrogen (secondary N) is 6. The topological polar surface area (TPSA) is 265 Å². The number of carbonyl (C=O) groups excluding carboxylic acids is 10. The maximum atomic E-state index is 14.1. The summed E-state index contributed by atoms with van der Waals surface area (Å²) in [5.41, 5.74) is -1.64. The highest BCUT2D eigenvalue weighted by atomic mass is 32.2. The van der Waals surface area contributed by atoms with Crippen LogP contribution in [0, 0.1) is 11.8 Å². The molecule has 1 fully saturated rings. The predicted molar refractivity (Wildman–Crippen MR) is 236 cm³/mol. The zero-order valence-corrected chi connectivity index (χ0v) is 39.8. The Balaban J connectivity index is 3.35. The first-order valence-corrected chi connectivity index (χ1v) is 22.5. The van der Waals surface area contributed by atoms with E-state index in [1.54, 1.807) is 76.2 Å². The first-order valence-electron chi connectivity index (χ1n) is 21.4. The SMILES string of the molecule is C=CCNC(=O)C(=O)C(CCC)NC(=O)[C@@H]1CSCN1C(=O)C(NC(=O)C(NC(=O)C(CCC(=O)OC(C)(C)C)NC(=O)C(CCC(=O)OC(C)(C)C)NC(C)=O)C(C)C)C(C)C. The molecule has 0 spiro atoms. The number of nitrogens with zero attached hydrogens (tertiary/aromatic N) is 1. The number of esters is 2. The second-order valence-electron chi connectivity index (χ2n) is 18.1. The summed E-state index contributed by atoms with van der Waals surface area (Å²) in [6.07, 6.45) is 1.06. The first-order chi connectivity index (χ1) is 29.1. The lowest BCUT2D eigenvalue weighted by molar-refractivity contribution is -0.156. The van der Waals surface area contributed by atoms with Gasteiger partial charge in [0.05, 0.1) is 11.9 Å². The number of thioether (sulfide) groups is 1. The number of ether oxygens (including phenoxy) is 2. The molecule has 0 saturated carbocycles. The monoisotopic (exact) mass is 909 g/mol. The fourth-order valence-electron chi connectivity index (χ4n) is 6.20. The van der Waals surface area contributed by atoms with E-state index < -0.39 is 118 Å². The van der Waals surface area contributed by atoms with Crippen molar-refractivity contribution in [3.63, 3.8) is 0 Å². The van der Waals surface area contributed by atoms with Crippen LogP contribution in [0.3, 0.4) is 0 Å². The van der Waals surface area contributed by atoms with Gasteiger partial charge in [0.1, 0.15) is 41.4 Å². The maximum Gasteiger partial charge on any atom is 0.306 e. The van der Waals surface area contributed by atoms with Gasteiger partial charge in [-0.3, -0.25) is 47.9 Å². The van der Waals surface area contributed by atoms with Gasteiger partial charge >= 0.3 is 11.9 Å². The molecule has 1 heterocycles. The van der Waals surface area contributed by atoms with Crippen molar-refractivity contribution in [3.05, 3.63) is 12.7 Å². The minimum absolute atomic E-state index is 0.0624. The Hall–Kier alpha value is -5.01. The Kier molecular flexibility index (Phi) is 23.1. The number of carbonyl (C=O) groups is 10. The van der Waals surface area contributed by atoms with E-state index in [2.05, 4.69) is 38.5 Å². The number of hydrogen-bond acceptors (Lipinski definition) is 13. The van der Waals surface area contributed by atoms with Crippen LogP contribution in [0.15, 0.2) is 12.7 Å². The van der Waals surface area contributed by atoms with Crippen LogP contribution in [0.1, 0.15) is 122 Å². The molecule has 1 aliphatic rings. The minimum Gasteiger partial charge on any atom is -0.460 e. The molecular weight excluding hydrogens is 839 g/mol. The van der Waals surface area contributed by atoms with Crippen molar-refractivity contribution in [1.82, 2.24) is 36.8 Å². The van der Waals surface area contributed by atoms with Crippen LogP contribution in [-0.2, 0) is 57.4 Å². The molecule has 63 heavy (non-hydrogen) atoms. The van der Waals surface area contributed by atoms with Crippen molar-refractivity contribution in [1.29, 1.82) is 0 Å². The third kappa shape index (κ3) is 20.4. The Morgan fingerprint density at radius 2 is 1.19 bits per heavy atom. The molecule has 6 atom stereocenters. The second kappa shape index (κ2) is 25.9. The highest BCUT2D eigenvalue weighted by molar-refractivity contribution is 7.99. The van der Waals surface area contributed by atoms with Gasteiger partial charge in [-0.25, -0.2) is 0 Å². The van der Waals surface area contributed by atoms with Gasteiger partial charge in [-0.05, 0) is 72.6 Å². The number of hydrogen-bond donors (Lipinski definition) is 6. The molecule has 19 nitrogen and oxygen atoms in total. The quantitative estimate of drug-likeness (QED) is 0.0457. The van der Waals surface area contributed by atoms with Gasteiger partial charge in [0, 0.05) is 32.1 Å². The second-order valence-corrected chi connectivity index (χ2v) is 19.1. The largest absolute Gasteiger partial charge is 0.460 e. The van der Waals surface area contributed by atoms with E-state index in [4.69, 9.17) is 9.47 Å². The van der Waals surface area contributed by atoms with E-state index in [-0.39, 0.29) is 50.3 Å². The van der Waals surface area contributed by atoms with Gasteiger partial charge < -0.3 is 46.3 Å². The van der Waals surface area contributed by atoms with Crippen molar-refractivity contribution in [2.75, 3.05) is 18.2 Å². The number of amides is 7. The highest BCUT2D eigenvalue weighted by Crippen LogP contribution is 2.24. The third-order valence-corrected chi connectivity index (χ3v) is 10.2. The van der Waals surface area contributed by atoms with Crippen LogP contribution < -0.4 is 31.9 Å². The lowest BCUT2D eigenvalue weighted by atomic mass is 9.98. The van der Waals surface area contributed by atoms with Crippen LogP contribution >= 0.6 is 11.8 Å². The molecule has 1 aliphatic heterocycles. The molecule has 0 aromatic heterocycles. The number of ketones is 1. The molecule has 0 aliphatic carbocycles. The Bertz CT molecular complexity index is 1670. The summed E-state index contributed by atoms with van der Waals surface area (Å²) in [4.78, 5) is 133. The summed E-state index contributed by atoms with van der Waals surface area (Å²) >= 11 is 1.30. The Morgan fingerprint density at radius 1 is 0.698 bits per heavy atom. The molecule has 5 unspecified atom stereocenters. The average Bonchev–Trinajstić information content (AvgIpc) is 3.66.